The summed E-state index contributed by atoms with van der Waals surface area (Å²) in [5, 5.41) is 0. The van der Waals surface area contributed by atoms with E-state index >= 15 is 0 Å². The zero-order valence-corrected chi connectivity index (χ0v) is 15.8. The Morgan fingerprint density at radius 3 is 1.41 bits per heavy atom. The third-order valence-electron chi connectivity index (χ3n) is 3.85. The second-order valence-corrected chi connectivity index (χ2v) is 6.22. The van der Waals surface area contributed by atoms with E-state index in [1.807, 2.05) is 6.08 Å². The SMILES string of the molecule is CCCCC=C(C)C(N)=O.CCCCCCCCCCCC. The summed E-state index contributed by atoms with van der Waals surface area (Å²) >= 11 is 0. The fourth-order valence-corrected chi connectivity index (χ4v) is 2.18. The molecule has 2 N–H and O–H groups in total. The number of carbonyl (C=O) groups is 1. The predicted molar refractivity (Wildman–Crippen MR) is 100.0 cm³/mol. The Bertz CT molecular complexity index is 248. The van der Waals surface area contributed by atoms with E-state index in [0.29, 0.717) is 5.57 Å². The lowest BCUT2D eigenvalue weighted by Gasteiger charge is -1.99. The van der Waals surface area contributed by atoms with Crippen molar-refractivity contribution < 1.29 is 4.79 Å². The van der Waals surface area contributed by atoms with Gasteiger partial charge in [0, 0.05) is 5.57 Å². The predicted octanol–water partition coefficient (Wildman–Crippen LogP) is 6.54. The number of allylic oxidation sites excluding steroid dienone is 1. The van der Waals surface area contributed by atoms with Gasteiger partial charge < -0.3 is 5.73 Å². The third-order valence-corrected chi connectivity index (χ3v) is 3.85. The summed E-state index contributed by atoms with van der Waals surface area (Å²) < 4.78 is 0. The molecule has 0 saturated carbocycles. The van der Waals surface area contributed by atoms with Crippen molar-refractivity contribution in [1.82, 2.24) is 0 Å². The first-order valence-corrected chi connectivity index (χ1v) is 9.56. The van der Waals surface area contributed by atoms with Crippen LogP contribution in [0.4, 0.5) is 0 Å². The second kappa shape index (κ2) is 20.2. The average molecular weight is 312 g/mol. The minimum Gasteiger partial charge on any atom is -0.366 e. The van der Waals surface area contributed by atoms with Gasteiger partial charge in [0.1, 0.15) is 0 Å². The van der Waals surface area contributed by atoms with E-state index in [0.717, 1.165) is 19.3 Å². The van der Waals surface area contributed by atoms with Crippen LogP contribution in [0.5, 0.6) is 0 Å². The van der Waals surface area contributed by atoms with Gasteiger partial charge >= 0.3 is 0 Å². The number of unbranched alkanes of at least 4 members (excludes halogenated alkanes) is 11. The van der Waals surface area contributed by atoms with Gasteiger partial charge in [0.25, 0.3) is 0 Å². The smallest absolute Gasteiger partial charge is 0.244 e. The van der Waals surface area contributed by atoms with Crippen LogP contribution >= 0.6 is 0 Å². The fourth-order valence-electron chi connectivity index (χ4n) is 2.18. The van der Waals surface area contributed by atoms with Crippen LogP contribution in [-0.4, -0.2) is 5.91 Å². The van der Waals surface area contributed by atoms with Crippen LogP contribution in [0.25, 0.3) is 0 Å². The van der Waals surface area contributed by atoms with Gasteiger partial charge in [-0.1, -0.05) is 104 Å². The van der Waals surface area contributed by atoms with Crippen molar-refractivity contribution >= 4 is 5.91 Å². The Labute approximate surface area is 139 Å². The number of carbonyl (C=O) groups excluding carboxylic acids is 1. The highest BCUT2D eigenvalue weighted by atomic mass is 16.1. The van der Waals surface area contributed by atoms with Crippen molar-refractivity contribution in [3.8, 4) is 0 Å². The van der Waals surface area contributed by atoms with Gasteiger partial charge in [-0.15, -0.1) is 0 Å². The molecule has 0 aliphatic carbocycles. The standard InChI is InChI=1S/C12H26.C8H15NO/c1-3-5-7-9-11-12-10-8-6-4-2;1-3-4-5-6-7(2)8(9)10/h3-12H2,1-2H3;6H,3-5H2,1-2H3,(H2,9,10). The maximum atomic E-state index is 10.4. The quantitative estimate of drug-likeness (QED) is 0.305. The van der Waals surface area contributed by atoms with E-state index in [4.69, 9.17) is 5.73 Å². The lowest BCUT2D eigenvalue weighted by molar-refractivity contribution is -0.114. The number of nitrogens with two attached hydrogens (primary N) is 1. The van der Waals surface area contributed by atoms with Gasteiger partial charge in [0.15, 0.2) is 0 Å². The van der Waals surface area contributed by atoms with Crippen LogP contribution in [-0.2, 0) is 4.79 Å². The monoisotopic (exact) mass is 311 g/mol. The molecule has 0 bridgehead atoms. The first kappa shape index (κ1) is 23.5. The molecular formula is C20H41NO. The molecule has 2 nitrogen and oxygen atoms in total. The van der Waals surface area contributed by atoms with Crippen LogP contribution in [0.2, 0.25) is 0 Å². The summed E-state index contributed by atoms with van der Waals surface area (Å²) in [6.07, 6.45) is 19.6. The van der Waals surface area contributed by atoms with Crippen molar-refractivity contribution in [3.05, 3.63) is 11.6 Å². The molecule has 0 aromatic carbocycles. The molecule has 0 fully saturated rings. The zero-order valence-electron chi connectivity index (χ0n) is 15.8. The van der Waals surface area contributed by atoms with Crippen molar-refractivity contribution in [2.75, 3.05) is 0 Å². The van der Waals surface area contributed by atoms with Crippen LogP contribution in [0.1, 0.15) is 111 Å². The van der Waals surface area contributed by atoms with E-state index in [9.17, 15) is 4.79 Å². The Balaban J connectivity index is 0. The highest BCUT2D eigenvalue weighted by Crippen LogP contribution is 2.09. The molecule has 1 amide bonds. The molecule has 0 radical (unpaired) electrons. The summed E-state index contributed by atoms with van der Waals surface area (Å²) in [6.45, 7) is 8.42. The van der Waals surface area contributed by atoms with Gasteiger partial charge in [0.2, 0.25) is 5.91 Å². The molecule has 0 rings (SSSR count). The van der Waals surface area contributed by atoms with Crippen molar-refractivity contribution in [1.29, 1.82) is 0 Å². The van der Waals surface area contributed by atoms with E-state index in [1.165, 1.54) is 64.2 Å². The molecule has 22 heavy (non-hydrogen) atoms. The maximum absolute atomic E-state index is 10.4. The third kappa shape index (κ3) is 21.5. The van der Waals surface area contributed by atoms with Crippen molar-refractivity contribution in [2.24, 2.45) is 5.73 Å². The van der Waals surface area contributed by atoms with Crippen LogP contribution in [0.15, 0.2) is 11.6 Å². The minimum absolute atomic E-state index is 0.309. The molecule has 0 unspecified atom stereocenters. The van der Waals surface area contributed by atoms with Crippen LogP contribution < -0.4 is 5.73 Å². The van der Waals surface area contributed by atoms with E-state index in [-0.39, 0.29) is 5.91 Å². The summed E-state index contributed by atoms with van der Waals surface area (Å²) in [4.78, 5) is 10.4. The van der Waals surface area contributed by atoms with E-state index in [2.05, 4.69) is 20.8 Å². The lowest BCUT2D eigenvalue weighted by Crippen LogP contribution is -2.11. The maximum Gasteiger partial charge on any atom is 0.244 e. The van der Waals surface area contributed by atoms with Gasteiger partial charge in [0.05, 0.1) is 0 Å². The lowest BCUT2D eigenvalue weighted by atomic mass is 10.1. The molecule has 132 valence electrons. The number of hydrogen-bond donors (Lipinski definition) is 1. The van der Waals surface area contributed by atoms with Gasteiger partial charge in [-0.3, -0.25) is 4.79 Å². The molecule has 0 aromatic rings. The van der Waals surface area contributed by atoms with Gasteiger partial charge in [-0.05, 0) is 13.3 Å². The van der Waals surface area contributed by atoms with Gasteiger partial charge in [-0.2, -0.15) is 0 Å². The van der Waals surface area contributed by atoms with E-state index in [1.54, 1.807) is 6.92 Å². The number of amides is 1. The Kier molecular flexibility index (Phi) is 21.6. The fraction of sp³-hybridized carbons (Fsp3) is 0.850. The first-order valence-electron chi connectivity index (χ1n) is 9.56. The number of primary amides is 1. The minimum atomic E-state index is -0.309. The molecular weight excluding hydrogens is 270 g/mol. The summed E-state index contributed by atoms with van der Waals surface area (Å²) in [5.41, 5.74) is 5.69. The Hall–Kier alpha value is -0.790. The Morgan fingerprint density at radius 2 is 1.09 bits per heavy atom. The molecule has 0 spiro atoms. The number of rotatable bonds is 13. The summed E-state index contributed by atoms with van der Waals surface area (Å²) in [7, 11) is 0. The van der Waals surface area contributed by atoms with E-state index < -0.39 is 0 Å². The molecule has 0 heterocycles. The highest BCUT2D eigenvalue weighted by Gasteiger charge is 1.93. The largest absolute Gasteiger partial charge is 0.366 e. The average Bonchev–Trinajstić information content (AvgIpc) is 2.50. The van der Waals surface area contributed by atoms with Crippen LogP contribution in [0.3, 0.4) is 0 Å². The molecule has 0 aromatic heterocycles. The summed E-state index contributed by atoms with van der Waals surface area (Å²) in [5.74, 6) is -0.309. The highest BCUT2D eigenvalue weighted by molar-refractivity contribution is 5.91. The first-order chi connectivity index (χ1) is 10.6. The topological polar surface area (TPSA) is 43.1 Å². The molecule has 0 aliphatic heterocycles. The van der Waals surface area contributed by atoms with Crippen molar-refractivity contribution in [2.45, 2.75) is 111 Å². The molecule has 2 heteroatoms. The van der Waals surface area contributed by atoms with Crippen molar-refractivity contribution in [3.63, 3.8) is 0 Å². The second-order valence-electron chi connectivity index (χ2n) is 6.22. The molecule has 0 saturated heterocycles. The summed E-state index contributed by atoms with van der Waals surface area (Å²) in [6, 6.07) is 0. The number of hydrogen-bond acceptors (Lipinski definition) is 1. The van der Waals surface area contributed by atoms with Crippen LogP contribution in [0, 0.1) is 0 Å². The van der Waals surface area contributed by atoms with Gasteiger partial charge in [-0.25, -0.2) is 0 Å². The Morgan fingerprint density at radius 1 is 0.727 bits per heavy atom. The molecule has 0 aliphatic rings. The zero-order chi connectivity index (χ0) is 17.1. The molecule has 0 atom stereocenters. The normalized spacial score (nSPS) is 11.0.